The van der Waals surface area contributed by atoms with Gasteiger partial charge in [-0.2, -0.15) is 17.0 Å². The van der Waals surface area contributed by atoms with Gasteiger partial charge in [0.2, 0.25) is 5.91 Å². The molecule has 2 fully saturated rings. The Labute approximate surface area is 179 Å². The van der Waals surface area contributed by atoms with Crippen LogP contribution < -0.4 is 14.8 Å². The van der Waals surface area contributed by atoms with Gasteiger partial charge in [0.25, 0.3) is 10.2 Å². The van der Waals surface area contributed by atoms with Crippen molar-refractivity contribution in [3.05, 3.63) is 18.2 Å². The number of hydrogen-bond donors (Lipinski definition) is 1. The molecule has 0 bridgehead atoms. The first-order valence-electron chi connectivity index (χ1n) is 10.4. The van der Waals surface area contributed by atoms with E-state index in [9.17, 15) is 13.2 Å². The van der Waals surface area contributed by atoms with Gasteiger partial charge >= 0.3 is 0 Å². The Morgan fingerprint density at radius 2 is 1.50 bits per heavy atom. The van der Waals surface area contributed by atoms with E-state index in [1.807, 2.05) is 4.90 Å². The highest BCUT2D eigenvalue weighted by Crippen LogP contribution is 2.29. The van der Waals surface area contributed by atoms with E-state index in [1.165, 1.54) is 0 Å². The van der Waals surface area contributed by atoms with Crippen molar-refractivity contribution in [2.45, 2.75) is 25.7 Å². The van der Waals surface area contributed by atoms with Crippen LogP contribution in [0.15, 0.2) is 18.2 Å². The minimum absolute atomic E-state index is 0.147. The number of carbonyl (C=O) groups excluding carboxylic acids is 1. The lowest BCUT2D eigenvalue weighted by atomic mass is 10.2. The highest BCUT2D eigenvalue weighted by atomic mass is 32.2. The van der Waals surface area contributed by atoms with Crippen LogP contribution >= 0.6 is 0 Å². The van der Waals surface area contributed by atoms with E-state index in [4.69, 9.17) is 9.47 Å². The molecule has 1 aromatic rings. The standard InChI is InChI=1S/C20H32N4O5S/c1-28-18-8-7-17(15-19(18)29-2)21-20(25)16-22-11-13-24(14-12-22)30(26,27)23-9-5-3-4-6-10-23/h7-8,15H,3-6,9-14,16H2,1-2H3,(H,21,25). The van der Waals surface area contributed by atoms with E-state index in [0.29, 0.717) is 56.5 Å². The summed E-state index contributed by atoms with van der Waals surface area (Å²) in [5.74, 6) is 0.992. The molecule has 2 aliphatic rings. The van der Waals surface area contributed by atoms with Gasteiger partial charge in [0, 0.05) is 51.0 Å². The van der Waals surface area contributed by atoms with Crippen LogP contribution in [-0.4, -0.2) is 87.9 Å². The van der Waals surface area contributed by atoms with E-state index in [1.54, 1.807) is 41.0 Å². The molecular formula is C20H32N4O5S. The first kappa shape index (κ1) is 22.8. The van der Waals surface area contributed by atoms with Crippen molar-refractivity contribution in [2.75, 3.05) is 65.3 Å². The summed E-state index contributed by atoms with van der Waals surface area (Å²) in [6.07, 6.45) is 4.04. The molecule has 168 valence electrons. The Balaban J connectivity index is 1.50. The number of hydrogen-bond acceptors (Lipinski definition) is 6. The smallest absolute Gasteiger partial charge is 0.282 e. The van der Waals surface area contributed by atoms with Gasteiger partial charge in [-0.3, -0.25) is 9.69 Å². The minimum atomic E-state index is -3.41. The first-order chi connectivity index (χ1) is 14.4. The van der Waals surface area contributed by atoms with E-state index >= 15 is 0 Å². The van der Waals surface area contributed by atoms with E-state index in [2.05, 4.69) is 5.32 Å². The van der Waals surface area contributed by atoms with Crippen molar-refractivity contribution < 1.29 is 22.7 Å². The highest BCUT2D eigenvalue weighted by molar-refractivity contribution is 7.86. The topological polar surface area (TPSA) is 91.4 Å². The van der Waals surface area contributed by atoms with Crippen LogP contribution in [0.2, 0.25) is 0 Å². The monoisotopic (exact) mass is 440 g/mol. The number of ether oxygens (including phenoxy) is 2. The lowest BCUT2D eigenvalue weighted by Crippen LogP contribution is -2.54. The molecule has 30 heavy (non-hydrogen) atoms. The number of benzene rings is 1. The Morgan fingerprint density at radius 1 is 0.900 bits per heavy atom. The number of anilines is 1. The molecule has 0 radical (unpaired) electrons. The maximum Gasteiger partial charge on any atom is 0.282 e. The summed E-state index contributed by atoms with van der Waals surface area (Å²) in [7, 11) is -0.307. The van der Waals surface area contributed by atoms with Crippen LogP contribution in [0.3, 0.4) is 0 Å². The summed E-state index contributed by atoms with van der Waals surface area (Å²) in [6.45, 7) is 3.31. The molecule has 0 atom stereocenters. The van der Waals surface area contributed by atoms with Gasteiger partial charge in [0.15, 0.2) is 11.5 Å². The molecule has 1 N–H and O–H groups in total. The number of nitrogens with one attached hydrogen (secondary N) is 1. The summed E-state index contributed by atoms with van der Waals surface area (Å²) >= 11 is 0. The van der Waals surface area contributed by atoms with Crippen molar-refractivity contribution >= 4 is 21.8 Å². The second kappa shape index (κ2) is 10.4. The number of carbonyl (C=O) groups is 1. The van der Waals surface area contributed by atoms with Crippen LogP contribution in [0.25, 0.3) is 0 Å². The zero-order chi connectivity index (χ0) is 21.6. The summed E-state index contributed by atoms with van der Waals surface area (Å²) in [5.41, 5.74) is 0.625. The molecule has 1 amide bonds. The van der Waals surface area contributed by atoms with E-state index in [-0.39, 0.29) is 12.5 Å². The lowest BCUT2D eigenvalue weighted by molar-refractivity contribution is -0.117. The minimum Gasteiger partial charge on any atom is -0.493 e. The van der Waals surface area contributed by atoms with Crippen molar-refractivity contribution in [3.8, 4) is 11.5 Å². The third kappa shape index (κ3) is 5.63. The first-order valence-corrected chi connectivity index (χ1v) is 11.8. The number of nitrogens with zero attached hydrogens (tertiary/aromatic N) is 3. The zero-order valence-corrected chi connectivity index (χ0v) is 18.6. The maximum atomic E-state index is 12.9. The van der Waals surface area contributed by atoms with Crippen molar-refractivity contribution in [2.24, 2.45) is 0 Å². The van der Waals surface area contributed by atoms with Gasteiger partial charge in [-0.25, -0.2) is 0 Å². The Morgan fingerprint density at radius 3 is 2.10 bits per heavy atom. The molecule has 0 aromatic heterocycles. The van der Waals surface area contributed by atoms with Crippen LogP contribution in [0.1, 0.15) is 25.7 Å². The molecule has 1 aromatic carbocycles. The van der Waals surface area contributed by atoms with Gasteiger partial charge < -0.3 is 14.8 Å². The molecule has 0 saturated carbocycles. The average Bonchev–Trinajstić information content (AvgIpc) is 3.04. The number of piperazine rings is 1. The molecule has 0 spiro atoms. The summed E-state index contributed by atoms with van der Waals surface area (Å²) in [6, 6.07) is 5.20. The molecule has 3 rings (SSSR count). The molecule has 2 heterocycles. The maximum absolute atomic E-state index is 12.9. The van der Waals surface area contributed by atoms with Gasteiger partial charge in [-0.15, -0.1) is 0 Å². The molecule has 9 nitrogen and oxygen atoms in total. The van der Waals surface area contributed by atoms with Gasteiger partial charge in [0.05, 0.1) is 20.8 Å². The number of methoxy groups -OCH3 is 2. The van der Waals surface area contributed by atoms with Crippen molar-refractivity contribution in [3.63, 3.8) is 0 Å². The second-order valence-corrected chi connectivity index (χ2v) is 9.54. The summed E-state index contributed by atoms with van der Waals surface area (Å²) in [5, 5.41) is 2.86. The van der Waals surface area contributed by atoms with E-state index in [0.717, 1.165) is 25.7 Å². The lowest BCUT2D eigenvalue weighted by Gasteiger charge is -2.36. The van der Waals surface area contributed by atoms with Gasteiger partial charge in [-0.05, 0) is 25.0 Å². The van der Waals surface area contributed by atoms with Crippen LogP contribution in [0, 0.1) is 0 Å². The third-order valence-corrected chi connectivity index (χ3v) is 7.62. The van der Waals surface area contributed by atoms with Gasteiger partial charge in [-0.1, -0.05) is 12.8 Å². The third-order valence-electron chi connectivity index (χ3n) is 5.58. The van der Waals surface area contributed by atoms with E-state index < -0.39 is 10.2 Å². The fourth-order valence-corrected chi connectivity index (χ4v) is 5.54. The normalized spacial score (nSPS) is 19.8. The molecule has 0 aliphatic carbocycles. The largest absolute Gasteiger partial charge is 0.493 e. The van der Waals surface area contributed by atoms with Crippen LogP contribution in [-0.2, 0) is 15.0 Å². The highest BCUT2D eigenvalue weighted by Gasteiger charge is 2.32. The predicted octanol–water partition coefficient (Wildman–Crippen LogP) is 1.38. The summed E-state index contributed by atoms with van der Waals surface area (Å²) in [4.78, 5) is 14.4. The van der Waals surface area contributed by atoms with Crippen LogP contribution in [0.4, 0.5) is 5.69 Å². The predicted molar refractivity (Wildman–Crippen MR) is 115 cm³/mol. The Hall–Kier alpha value is -1.88. The van der Waals surface area contributed by atoms with Crippen molar-refractivity contribution in [1.82, 2.24) is 13.5 Å². The van der Waals surface area contributed by atoms with Gasteiger partial charge in [0.1, 0.15) is 0 Å². The SMILES string of the molecule is COc1ccc(NC(=O)CN2CCN(S(=O)(=O)N3CCCCCC3)CC2)cc1OC. The Kier molecular flexibility index (Phi) is 7.93. The molecule has 2 saturated heterocycles. The number of amides is 1. The molecule has 10 heteroatoms. The molecular weight excluding hydrogens is 408 g/mol. The Bertz CT molecular complexity index is 816. The second-order valence-electron chi connectivity index (χ2n) is 7.61. The fraction of sp³-hybridized carbons (Fsp3) is 0.650. The number of rotatable bonds is 7. The zero-order valence-electron chi connectivity index (χ0n) is 17.8. The van der Waals surface area contributed by atoms with Crippen molar-refractivity contribution in [1.29, 1.82) is 0 Å². The average molecular weight is 441 g/mol. The fourth-order valence-electron chi connectivity index (χ4n) is 3.87. The summed E-state index contributed by atoms with van der Waals surface area (Å²) < 4.78 is 39.5. The molecule has 2 aliphatic heterocycles. The quantitative estimate of drug-likeness (QED) is 0.689. The molecule has 0 unspecified atom stereocenters. The van der Waals surface area contributed by atoms with Crippen LogP contribution in [0.5, 0.6) is 11.5 Å².